The maximum absolute atomic E-state index is 2.51. The first-order valence-corrected chi connectivity index (χ1v) is 5.72. The monoisotopic (exact) mass is 189 g/mol. The van der Waals surface area contributed by atoms with E-state index < -0.39 is 0 Å². The van der Waals surface area contributed by atoms with E-state index in [4.69, 9.17) is 0 Å². The maximum atomic E-state index is 2.51. The minimum absolute atomic E-state index is 1.15. The Hall–Kier alpha value is -0.980. The van der Waals surface area contributed by atoms with E-state index in [9.17, 15) is 0 Å². The molecule has 1 aromatic rings. The Morgan fingerprint density at radius 2 is 2.14 bits per heavy atom. The number of hydrogen-bond donors (Lipinski definition) is 0. The van der Waals surface area contributed by atoms with Crippen molar-refractivity contribution in [3.8, 4) is 0 Å². The average molecular weight is 189 g/mol. The number of fused-ring (bicyclic) bond motifs is 1. The van der Waals surface area contributed by atoms with Crippen molar-refractivity contribution >= 4 is 5.69 Å². The summed E-state index contributed by atoms with van der Waals surface area (Å²) in [6.07, 6.45) is 3.64. The lowest BCUT2D eigenvalue weighted by Crippen LogP contribution is -2.20. The molecule has 14 heavy (non-hydrogen) atoms. The lowest BCUT2D eigenvalue weighted by Gasteiger charge is -2.18. The third kappa shape index (κ3) is 1.63. The van der Waals surface area contributed by atoms with Gasteiger partial charge in [0.2, 0.25) is 0 Å². The van der Waals surface area contributed by atoms with E-state index in [0.717, 1.165) is 6.42 Å². The second kappa shape index (κ2) is 4.04. The Morgan fingerprint density at radius 1 is 1.29 bits per heavy atom. The van der Waals surface area contributed by atoms with Crippen LogP contribution in [0.3, 0.4) is 0 Å². The summed E-state index contributed by atoms with van der Waals surface area (Å²) in [5, 5.41) is 0. The van der Waals surface area contributed by atoms with Crippen LogP contribution in [0.1, 0.15) is 31.4 Å². The summed E-state index contributed by atoms with van der Waals surface area (Å²) >= 11 is 0. The van der Waals surface area contributed by atoms with Crippen LogP contribution in [0, 0.1) is 0 Å². The van der Waals surface area contributed by atoms with Gasteiger partial charge in [0.25, 0.3) is 0 Å². The lowest BCUT2D eigenvalue weighted by molar-refractivity contribution is 0.796. The van der Waals surface area contributed by atoms with Crippen LogP contribution in [-0.2, 0) is 12.8 Å². The van der Waals surface area contributed by atoms with Crippen molar-refractivity contribution in [1.82, 2.24) is 0 Å². The topological polar surface area (TPSA) is 3.24 Å². The third-order valence-electron chi connectivity index (χ3n) is 3.04. The first kappa shape index (κ1) is 9.57. The van der Waals surface area contributed by atoms with Crippen LogP contribution >= 0.6 is 0 Å². The van der Waals surface area contributed by atoms with Crippen molar-refractivity contribution < 1.29 is 0 Å². The summed E-state index contributed by atoms with van der Waals surface area (Å²) < 4.78 is 0. The van der Waals surface area contributed by atoms with E-state index in [1.54, 1.807) is 5.56 Å². The normalized spacial score (nSPS) is 14.6. The molecule has 1 heteroatoms. The van der Waals surface area contributed by atoms with Crippen molar-refractivity contribution in [2.45, 2.75) is 33.1 Å². The predicted molar refractivity (Wildman–Crippen MR) is 62.0 cm³/mol. The van der Waals surface area contributed by atoms with Gasteiger partial charge in [-0.3, -0.25) is 0 Å². The largest absolute Gasteiger partial charge is 0.371 e. The molecule has 2 rings (SSSR count). The fraction of sp³-hybridized carbons (Fsp3) is 0.538. The number of benzene rings is 1. The van der Waals surface area contributed by atoms with Crippen LogP contribution in [0.25, 0.3) is 0 Å². The molecule has 0 bridgehead atoms. The van der Waals surface area contributed by atoms with E-state index in [0.29, 0.717) is 0 Å². The lowest BCUT2D eigenvalue weighted by atomic mass is 10.1. The van der Waals surface area contributed by atoms with Crippen LogP contribution in [-0.4, -0.2) is 13.1 Å². The van der Waals surface area contributed by atoms with E-state index in [1.165, 1.54) is 37.2 Å². The minimum Gasteiger partial charge on any atom is -0.371 e. The number of nitrogens with zero attached hydrogens (tertiary/aromatic N) is 1. The molecule has 1 aliphatic heterocycles. The van der Waals surface area contributed by atoms with Gasteiger partial charge >= 0.3 is 0 Å². The van der Waals surface area contributed by atoms with Crippen molar-refractivity contribution in [2.24, 2.45) is 0 Å². The molecule has 1 nitrogen and oxygen atoms in total. The van der Waals surface area contributed by atoms with Gasteiger partial charge in [0.05, 0.1) is 0 Å². The van der Waals surface area contributed by atoms with E-state index in [1.807, 2.05) is 0 Å². The van der Waals surface area contributed by atoms with Gasteiger partial charge < -0.3 is 4.90 Å². The number of rotatable bonds is 3. The standard InChI is InChI=1S/C13H19N/c1-3-8-14-9-7-12-10-11(4-2)5-6-13(12)14/h5-6,10H,3-4,7-9H2,1-2H3. The van der Waals surface area contributed by atoms with Crippen LogP contribution < -0.4 is 4.90 Å². The smallest absolute Gasteiger partial charge is 0.0399 e. The molecule has 1 aliphatic rings. The molecule has 0 N–H and O–H groups in total. The van der Waals surface area contributed by atoms with Gasteiger partial charge in [-0.25, -0.2) is 0 Å². The summed E-state index contributed by atoms with van der Waals surface area (Å²) in [5.74, 6) is 0. The van der Waals surface area contributed by atoms with Crippen molar-refractivity contribution in [2.75, 3.05) is 18.0 Å². The molecule has 0 amide bonds. The SMILES string of the molecule is CCCN1CCc2cc(CC)ccc21. The number of anilines is 1. The van der Waals surface area contributed by atoms with Gasteiger partial charge in [-0.1, -0.05) is 26.0 Å². The van der Waals surface area contributed by atoms with Gasteiger partial charge in [0.1, 0.15) is 0 Å². The number of hydrogen-bond acceptors (Lipinski definition) is 1. The Kier molecular flexibility index (Phi) is 2.76. The molecule has 0 unspecified atom stereocenters. The average Bonchev–Trinajstić information content (AvgIpc) is 2.61. The van der Waals surface area contributed by atoms with Crippen molar-refractivity contribution in [3.05, 3.63) is 29.3 Å². The van der Waals surface area contributed by atoms with Gasteiger partial charge in [0, 0.05) is 18.8 Å². The van der Waals surface area contributed by atoms with Crippen LogP contribution in [0.2, 0.25) is 0 Å². The molecule has 0 spiro atoms. The minimum atomic E-state index is 1.15. The summed E-state index contributed by atoms with van der Waals surface area (Å²) in [7, 11) is 0. The van der Waals surface area contributed by atoms with Gasteiger partial charge in [0.15, 0.2) is 0 Å². The summed E-state index contributed by atoms with van der Waals surface area (Å²) in [6, 6.07) is 6.95. The molecule has 0 radical (unpaired) electrons. The molecule has 0 fully saturated rings. The van der Waals surface area contributed by atoms with Gasteiger partial charge in [-0.15, -0.1) is 0 Å². The molecule has 0 saturated carbocycles. The Balaban J connectivity index is 2.24. The zero-order valence-electron chi connectivity index (χ0n) is 9.21. The second-order valence-electron chi connectivity index (χ2n) is 4.05. The Bertz CT molecular complexity index is 317. The molecule has 1 heterocycles. The summed E-state index contributed by atoms with van der Waals surface area (Å²) in [4.78, 5) is 2.51. The van der Waals surface area contributed by atoms with Gasteiger partial charge in [-0.2, -0.15) is 0 Å². The quantitative estimate of drug-likeness (QED) is 0.706. The van der Waals surface area contributed by atoms with Crippen LogP contribution in [0.4, 0.5) is 5.69 Å². The molecule has 0 saturated heterocycles. The highest BCUT2D eigenvalue weighted by Gasteiger charge is 2.17. The molecule has 0 aromatic heterocycles. The van der Waals surface area contributed by atoms with Crippen LogP contribution in [0.5, 0.6) is 0 Å². The second-order valence-corrected chi connectivity index (χ2v) is 4.05. The molecule has 1 aromatic carbocycles. The first-order chi connectivity index (χ1) is 6.85. The molecule has 0 aliphatic carbocycles. The van der Waals surface area contributed by atoms with E-state index in [2.05, 4.69) is 36.9 Å². The summed E-state index contributed by atoms with van der Waals surface area (Å²) in [5.41, 5.74) is 4.50. The summed E-state index contributed by atoms with van der Waals surface area (Å²) in [6.45, 7) is 6.90. The van der Waals surface area contributed by atoms with E-state index in [-0.39, 0.29) is 0 Å². The zero-order valence-corrected chi connectivity index (χ0v) is 9.21. The molecular formula is C13H19N. The molecular weight excluding hydrogens is 170 g/mol. The van der Waals surface area contributed by atoms with E-state index >= 15 is 0 Å². The highest BCUT2D eigenvalue weighted by atomic mass is 15.1. The first-order valence-electron chi connectivity index (χ1n) is 5.72. The van der Waals surface area contributed by atoms with Gasteiger partial charge in [-0.05, 0) is 36.5 Å². The fourth-order valence-corrected chi connectivity index (χ4v) is 2.25. The van der Waals surface area contributed by atoms with Crippen molar-refractivity contribution in [3.63, 3.8) is 0 Å². The molecule has 76 valence electrons. The Morgan fingerprint density at radius 3 is 2.86 bits per heavy atom. The third-order valence-corrected chi connectivity index (χ3v) is 3.04. The molecule has 0 atom stereocenters. The Labute approximate surface area is 86.7 Å². The highest BCUT2D eigenvalue weighted by molar-refractivity contribution is 5.59. The maximum Gasteiger partial charge on any atom is 0.0399 e. The highest BCUT2D eigenvalue weighted by Crippen LogP contribution is 2.28. The van der Waals surface area contributed by atoms with Crippen molar-refractivity contribution in [1.29, 1.82) is 0 Å². The fourth-order valence-electron chi connectivity index (χ4n) is 2.25. The number of aryl methyl sites for hydroxylation is 1. The predicted octanol–water partition coefficient (Wildman–Crippen LogP) is 3.02. The zero-order chi connectivity index (χ0) is 9.97. The van der Waals surface area contributed by atoms with Crippen LogP contribution in [0.15, 0.2) is 18.2 Å².